The summed E-state index contributed by atoms with van der Waals surface area (Å²) in [6.07, 6.45) is -0.472. The van der Waals surface area contributed by atoms with E-state index in [1.807, 2.05) is 41.5 Å². The summed E-state index contributed by atoms with van der Waals surface area (Å²) < 4.78 is 34.5. The van der Waals surface area contributed by atoms with Crippen molar-refractivity contribution < 1.29 is 42.3 Å². The van der Waals surface area contributed by atoms with Crippen molar-refractivity contribution in [1.82, 2.24) is 4.90 Å². The smallest absolute Gasteiger partial charge is 0.337 e. The van der Waals surface area contributed by atoms with E-state index in [-0.39, 0.29) is 36.8 Å². The molecule has 0 amide bonds. The minimum Gasteiger partial charge on any atom is -0.460 e. The van der Waals surface area contributed by atoms with Crippen molar-refractivity contribution in [1.29, 1.82) is 0 Å². The van der Waals surface area contributed by atoms with Crippen molar-refractivity contribution in [3.63, 3.8) is 0 Å². The number of carbonyl (C=O) groups is 2. The fourth-order valence-corrected chi connectivity index (χ4v) is 5.42. The topological polar surface area (TPSA) is 136 Å². The molecule has 1 unspecified atom stereocenters. The third-order valence-electron chi connectivity index (χ3n) is 5.87. The van der Waals surface area contributed by atoms with Crippen LogP contribution in [0, 0.1) is 10.1 Å². The van der Waals surface area contributed by atoms with Gasteiger partial charge in [0.2, 0.25) is 0 Å². The number of carbonyl (C=O) groups excluding carboxylic acids is 2. The first-order valence-electron chi connectivity index (χ1n) is 14.0. The van der Waals surface area contributed by atoms with E-state index < -0.39 is 48.7 Å². The van der Waals surface area contributed by atoms with E-state index in [0.717, 1.165) is 0 Å². The number of nitro groups is 1. The molecule has 0 radical (unpaired) electrons. The van der Waals surface area contributed by atoms with E-state index in [1.165, 1.54) is 25.3 Å². The monoisotopic (exact) mass is 624 g/mol. The van der Waals surface area contributed by atoms with E-state index in [4.69, 9.17) is 27.8 Å². The Kier molecular flexibility index (Phi) is 12.8. The maximum absolute atomic E-state index is 13.7. The molecule has 0 fully saturated rings. The highest BCUT2D eigenvalue weighted by Crippen LogP contribution is 2.49. The maximum Gasteiger partial charge on any atom is 0.337 e. The highest BCUT2D eigenvalue weighted by atomic mass is 31.2. The molecule has 0 saturated heterocycles. The molecule has 43 heavy (non-hydrogen) atoms. The van der Waals surface area contributed by atoms with Crippen LogP contribution in [0.2, 0.25) is 0 Å². The van der Waals surface area contributed by atoms with Crippen LogP contribution in [0.15, 0.2) is 46.8 Å². The second-order valence-electron chi connectivity index (χ2n) is 12.2. The average Bonchev–Trinajstić information content (AvgIpc) is 2.85. The Morgan fingerprint density at radius 3 is 2.02 bits per heavy atom. The van der Waals surface area contributed by atoms with Crippen LogP contribution in [0.1, 0.15) is 80.7 Å². The molecule has 1 aromatic rings. The highest BCUT2D eigenvalue weighted by molar-refractivity contribution is 7.41. The zero-order chi connectivity index (χ0) is 32.7. The molecule has 1 aromatic carbocycles. The van der Waals surface area contributed by atoms with Gasteiger partial charge in [0, 0.05) is 30.6 Å². The van der Waals surface area contributed by atoms with Gasteiger partial charge in [-0.1, -0.05) is 12.1 Å². The van der Waals surface area contributed by atoms with Crippen LogP contribution >= 0.6 is 8.60 Å². The molecule has 0 aromatic heterocycles. The first-order chi connectivity index (χ1) is 19.9. The van der Waals surface area contributed by atoms with Gasteiger partial charge < -0.3 is 28.2 Å². The quantitative estimate of drug-likeness (QED) is 0.0780. The van der Waals surface area contributed by atoms with Crippen molar-refractivity contribution in [2.75, 3.05) is 27.1 Å². The van der Waals surface area contributed by atoms with Crippen molar-refractivity contribution in [2.24, 2.45) is 0 Å². The second-order valence-corrected chi connectivity index (χ2v) is 13.3. The molecule has 13 heteroatoms. The number of hydrogen-bond acceptors (Lipinski definition) is 11. The van der Waals surface area contributed by atoms with Crippen molar-refractivity contribution in [3.8, 4) is 0 Å². The summed E-state index contributed by atoms with van der Waals surface area (Å²) in [5, 5.41) is 11.7. The number of benzene rings is 1. The summed E-state index contributed by atoms with van der Waals surface area (Å²) in [5.74, 6) is -2.41. The molecule has 1 aliphatic rings. The molecular formula is C30H45N2O10P. The molecular weight excluding hydrogens is 579 g/mol. The summed E-state index contributed by atoms with van der Waals surface area (Å²) in [7, 11) is -0.382. The Morgan fingerprint density at radius 2 is 1.53 bits per heavy atom. The van der Waals surface area contributed by atoms with Gasteiger partial charge >= 0.3 is 20.5 Å². The van der Waals surface area contributed by atoms with Crippen molar-refractivity contribution in [2.45, 2.75) is 92.5 Å². The summed E-state index contributed by atoms with van der Waals surface area (Å²) in [4.78, 5) is 40.2. The number of non-ortho nitro benzene ring substituents is 1. The molecule has 1 heterocycles. The minimum absolute atomic E-state index is 0.0388. The van der Waals surface area contributed by atoms with Crippen LogP contribution < -0.4 is 0 Å². The van der Waals surface area contributed by atoms with Crippen LogP contribution in [-0.2, 0) is 37.4 Å². The van der Waals surface area contributed by atoms with Gasteiger partial charge in [0.05, 0.1) is 45.9 Å². The molecule has 0 spiro atoms. The summed E-state index contributed by atoms with van der Waals surface area (Å²) >= 11 is 0. The Bertz CT molecular complexity index is 1210. The molecule has 1 atom stereocenters. The van der Waals surface area contributed by atoms with E-state index in [0.29, 0.717) is 17.0 Å². The summed E-state index contributed by atoms with van der Waals surface area (Å²) in [6.45, 7) is 18.1. The summed E-state index contributed by atoms with van der Waals surface area (Å²) in [5.41, 5.74) is 0.116. The van der Waals surface area contributed by atoms with Gasteiger partial charge in [-0.15, -0.1) is 0 Å². The fraction of sp³-hybridized carbons (Fsp3) is 0.600. The number of nitrogens with zero attached hydrogens (tertiary/aromatic N) is 2. The molecule has 0 bridgehead atoms. The Morgan fingerprint density at radius 1 is 0.977 bits per heavy atom. The van der Waals surface area contributed by atoms with Crippen molar-refractivity contribution >= 4 is 26.2 Å². The van der Waals surface area contributed by atoms with Crippen LogP contribution in [0.3, 0.4) is 0 Å². The predicted octanol–water partition coefficient (Wildman–Crippen LogP) is 6.51. The van der Waals surface area contributed by atoms with Gasteiger partial charge in [0.1, 0.15) is 13.3 Å². The zero-order valence-electron chi connectivity index (χ0n) is 27.0. The van der Waals surface area contributed by atoms with Gasteiger partial charge in [-0.3, -0.25) is 14.6 Å². The molecule has 0 aliphatic carbocycles. The van der Waals surface area contributed by atoms with E-state index >= 15 is 0 Å². The first-order valence-corrected chi connectivity index (χ1v) is 15.1. The Labute approximate surface area is 255 Å². The second kappa shape index (κ2) is 15.2. The fourth-order valence-electron chi connectivity index (χ4n) is 4.18. The van der Waals surface area contributed by atoms with Crippen LogP contribution in [0.25, 0.3) is 0 Å². The molecule has 0 N–H and O–H groups in total. The number of nitro benzene ring substituents is 1. The lowest BCUT2D eigenvalue weighted by molar-refractivity contribution is -0.384. The third kappa shape index (κ3) is 10.7. The van der Waals surface area contributed by atoms with E-state index in [9.17, 15) is 19.7 Å². The van der Waals surface area contributed by atoms with Crippen LogP contribution in [-0.4, -0.2) is 66.1 Å². The lowest BCUT2D eigenvalue weighted by atomic mass is 9.79. The van der Waals surface area contributed by atoms with Gasteiger partial charge in [-0.25, -0.2) is 9.59 Å². The van der Waals surface area contributed by atoms with Gasteiger partial charge in [-0.05, 0) is 74.8 Å². The SMILES string of the molecule is COCCOC(=O)C1=C(C)N(COP(OC(C)(C)C)OC(C)(C)C)C(C)=C(C(=O)OC(C)C)C1c1cccc([N+](=O)[O-])c1. The van der Waals surface area contributed by atoms with E-state index in [2.05, 4.69) is 0 Å². The number of esters is 2. The van der Waals surface area contributed by atoms with Gasteiger partial charge in [0.15, 0.2) is 0 Å². The molecule has 12 nitrogen and oxygen atoms in total. The van der Waals surface area contributed by atoms with Crippen molar-refractivity contribution in [3.05, 3.63) is 62.5 Å². The molecule has 240 valence electrons. The third-order valence-corrected chi connectivity index (χ3v) is 7.59. The highest BCUT2D eigenvalue weighted by Gasteiger charge is 2.42. The number of rotatable bonds is 13. The average molecular weight is 625 g/mol. The molecule has 1 aliphatic heterocycles. The Balaban J connectivity index is 2.74. The van der Waals surface area contributed by atoms with Crippen LogP contribution in [0.5, 0.6) is 0 Å². The molecule has 2 rings (SSSR count). The lowest BCUT2D eigenvalue weighted by Gasteiger charge is -2.38. The number of hydrogen-bond donors (Lipinski definition) is 0. The minimum atomic E-state index is -1.86. The normalized spacial score (nSPS) is 16.3. The largest absolute Gasteiger partial charge is 0.460 e. The Hall–Kier alpha value is -2.89. The first kappa shape index (κ1) is 36.3. The summed E-state index contributed by atoms with van der Waals surface area (Å²) in [6, 6.07) is 5.82. The zero-order valence-corrected chi connectivity index (χ0v) is 27.9. The number of ether oxygens (including phenoxy) is 3. The standard InChI is InChI=1S/C30H45N2O10P/c1-19(2)40-28(34)25-21(4)31(18-39-43(41-29(5,6)7)42-30(8,9)10)20(3)24(27(33)38-16-15-37-11)26(25)22-13-12-14-23(17-22)32(35)36/h12-14,17,19,26H,15-16,18H2,1-11H3. The van der Waals surface area contributed by atoms with Gasteiger partial charge in [0.25, 0.3) is 5.69 Å². The van der Waals surface area contributed by atoms with Crippen LogP contribution in [0.4, 0.5) is 5.69 Å². The maximum atomic E-state index is 13.7. The predicted molar refractivity (Wildman–Crippen MR) is 162 cm³/mol. The van der Waals surface area contributed by atoms with E-state index in [1.54, 1.807) is 38.7 Å². The molecule has 0 saturated carbocycles. The van der Waals surface area contributed by atoms with Gasteiger partial charge in [-0.2, -0.15) is 0 Å². The lowest BCUT2D eigenvalue weighted by Crippen LogP contribution is -2.37. The number of allylic oxidation sites excluding steroid dienone is 2. The number of methoxy groups -OCH3 is 1.